The summed E-state index contributed by atoms with van der Waals surface area (Å²) in [5.74, 6) is -0.677. The van der Waals surface area contributed by atoms with Crippen molar-refractivity contribution in [3.8, 4) is 5.75 Å². The van der Waals surface area contributed by atoms with Crippen molar-refractivity contribution >= 4 is 23.4 Å². The van der Waals surface area contributed by atoms with Crippen LogP contribution in [-0.4, -0.2) is 23.5 Å². The summed E-state index contributed by atoms with van der Waals surface area (Å²) in [5.41, 5.74) is 1.18. The van der Waals surface area contributed by atoms with Gasteiger partial charge in [0, 0.05) is 12.0 Å². The normalized spacial score (nSPS) is 10.2. The third-order valence-electron chi connectivity index (χ3n) is 2.45. The lowest BCUT2D eigenvalue weighted by molar-refractivity contribution is -0.136. The van der Waals surface area contributed by atoms with E-state index in [1.807, 2.05) is 6.92 Å². The largest absolute Gasteiger partial charge is 0.492 e. The molecule has 1 aromatic rings. The number of rotatable bonds is 6. The maximum absolute atomic E-state index is 11.8. The van der Waals surface area contributed by atoms with Crippen LogP contribution < -0.4 is 4.74 Å². The number of ether oxygens (including phenoxy) is 1. The molecule has 98 valence electrons. The van der Waals surface area contributed by atoms with Crippen molar-refractivity contribution in [2.75, 3.05) is 6.61 Å². The molecule has 18 heavy (non-hydrogen) atoms. The minimum atomic E-state index is -0.988. The lowest BCUT2D eigenvalue weighted by Gasteiger charge is -2.10. The summed E-state index contributed by atoms with van der Waals surface area (Å²) in [4.78, 5) is 22.3. The van der Waals surface area contributed by atoms with E-state index in [0.29, 0.717) is 22.9 Å². The van der Waals surface area contributed by atoms with E-state index in [2.05, 4.69) is 0 Å². The molecule has 0 aliphatic rings. The monoisotopic (exact) mass is 270 g/mol. The van der Waals surface area contributed by atoms with Crippen LogP contribution in [0, 0.1) is 6.92 Å². The highest BCUT2D eigenvalue weighted by molar-refractivity contribution is 6.32. The molecule has 0 fully saturated rings. The first-order valence-corrected chi connectivity index (χ1v) is 6.01. The lowest BCUT2D eigenvalue weighted by Crippen LogP contribution is -2.06. The molecule has 0 aliphatic carbocycles. The molecule has 0 bridgehead atoms. The summed E-state index contributed by atoms with van der Waals surface area (Å²) in [6.07, 6.45) is -0.205. The number of Topliss-reactive ketones (excluding diaryl/α,β-unsaturated/α-hetero) is 1. The molecule has 0 amide bonds. The third kappa shape index (κ3) is 3.74. The van der Waals surface area contributed by atoms with Crippen molar-refractivity contribution < 1.29 is 19.4 Å². The molecular weight excluding hydrogens is 256 g/mol. The van der Waals surface area contributed by atoms with Crippen molar-refractivity contribution in [2.45, 2.75) is 26.7 Å². The van der Waals surface area contributed by atoms with E-state index in [-0.39, 0.29) is 18.6 Å². The molecule has 0 aromatic heterocycles. The minimum Gasteiger partial charge on any atom is -0.492 e. The highest BCUT2D eigenvalue weighted by atomic mass is 35.5. The predicted octanol–water partition coefficient (Wildman–Crippen LogP) is 3.09. The van der Waals surface area contributed by atoms with Gasteiger partial charge >= 0.3 is 5.97 Å². The SMILES string of the molecule is CCOc1cc(C)c(C(=O)CCC(=O)O)cc1Cl. The maximum atomic E-state index is 11.8. The number of halogens is 1. The van der Waals surface area contributed by atoms with Gasteiger partial charge in [0.25, 0.3) is 0 Å². The molecule has 1 N–H and O–H groups in total. The summed E-state index contributed by atoms with van der Waals surface area (Å²) in [7, 11) is 0. The molecule has 0 saturated heterocycles. The second-order valence-electron chi connectivity index (χ2n) is 3.85. The number of ketones is 1. The van der Waals surface area contributed by atoms with Gasteiger partial charge in [0.2, 0.25) is 0 Å². The second-order valence-corrected chi connectivity index (χ2v) is 4.25. The Labute approximate surface area is 111 Å². The number of carboxylic acid groups (broad SMARTS) is 1. The number of carbonyl (C=O) groups is 2. The molecule has 0 saturated carbocycles. The average Bonchev–Trinajstić information content (AvgIpc) is 2.30. The third-order valence-corrected chi connectivity index (χ3v) is 2.74. The fourth-order valence-corrected chi connectivity index (χ4v) is 1.79. The topological polar surface area (TPSA) is 63.6 Å². The zero-order chi connectivity index (χ0) is 13.7. The van der Waals surface area contributed by atoms with Gasteiger partial charge in [-0.15, -0.1) is 0 Å². The number of carboxylic acids is 1. The highest BCUT2D eigenvalue weighted by Crippen LogP contribution is 2.29. The van der Waals surface area contributed by atoms with Crippen LogP contribution in [0.1, 0.15) is 35.7 Å². The number of aryl methyl sites for hydroxylation is 1. The average molecular weight is 271 g/mol. The zero-order valence-electron chi connectivity index (χ0n) is 10.3. The molecule has 0 aliphatic heterocycles. The number of hydrogen-bond donors (Lipinski definition) is 1. The fraction of sp³-hybridized carbons (Fsp3) is 0.385. The lowest BCUT2D eigenvalue weighted by atomic mass is 10.0. The first-order valence-electron chi connectivity index (χ1n) is 5.63. The van der Waals surface area contributed by atoms with Crippen molar-refractivity contribution in [3.05, 3.63) is 28.3 Å². The molecule has 0 radical (unpaired) electrons. The Hall–Kier alpha value is -1.55. The van der Waals surface area contributed by atoms with E-state index in [4.69, 9.17) is 21.4 Å². The van der Waals surface area contributed by atoms with Crippen LogP contribution in [-0.2, 0) is 4.79 Å². The second kappa shape index (κ2) is 6.40. The predicted molar refractivity (Wildman–Crippen MR) is 68.6 cm³/mol. The van der Waals surface area contributed by atoms with Crippen molar-refractivity contribution in [3.63, 3.8) is 0 Å². The van der Waals surface area contributed by atoms with E-state index in [0.717, 1.165) is 5.56 Å². The summed E-state index contributed by atoms with van der Waals surface area (Å²) in [5, 5.41) is 8.91. The molecule has 0 unspecified atom stereocenters. The van der Waals surface area contributed by atoms with Crippen LogP contribution in [0.15, 0.2) is 12.1 Å². The van der Waals surface area contributed by atoms with Crippen molar-refractivity contribution in [1.82, 2.24) is 0 Å². The molecule has 0 heterocycles. The van der Waals surface area contributed by atoms with Crippen LogP contribution in [0.2, 0.25) is 5.02 Å². The van der Waals surface area contributed by atoms with E-state index in [1.165, 1.54) is 6.07 Å². The van der Waals surface area contributed by atoms with Crippen LogP contribution in [0.4, 0.5) is 0 Å². The minimum absolute atomic E-state index is 0.0273. The van der Waals surface area contributed by atoms with Crippen LogP contribution in [0.25, 0.3) is 0 Å². The van der Waals surface area contributed by atoms with Gasteiger partial charge in [-0.1, -0.05) is 11.6 Å². The fourth-order valence-electron chi connectivity index (χ4n) is 1.58. The molecule has 1 aromatic carbocycles. The number of aliphatic carboxylic acids is 1. The number of carbonyl (C=O) groups excluding carboxylic acids is 1. The standard InChI is InChI=1S/C13H15ClO4/c1-3-18-12-6-8(2)9(7-10(12)14)11(15)4-5-13(16)17/h6-7H,3-5H2,1-2H3,(H,16,17). The molecule has 0 atom stereocenters. The Balaban J connectivity index is 2.93. The van der Waals surface area contributed by atoms with E-state index in [1.54, 1.807) is 13.0 Å². The summed E-state index contributed by atoms with van der Waals surface area (Å²) >= 11 is 5.99. The van der Waals surface area contributed by atoms with Gasteiger partial charge in [-0.2, -0.15) is 0 Å². The maximum Gasteiger partial charge on any atom is 0.303 e. The van der Waals surface area contributed by atoms with Gasteiger partial charge in [0.15, 0.2) is 5.78 Å². The van der Waals surface area contributed by atoms with E-state index >= 15 is 0 Å². The Morgan fingerprint density at radius 1 is 1.33 bits per heavy atom. The zero-order valence-corrected chi connectivity index (χ0v) is 11.1. The Morgan fingerprint density at radius 3 is 2.56 bits per heavy atom. The molecule has 1 rings (SSSR count). The van der Waals surface area contributed by atoms with Gasteiger partial charge < -0.3 is 9.84 Å². The quantitative estimate of drug-likeness (QED) is 0.807. The van der Waals surface area contributed by atoms with Crippen molar-refractivity contribution in [1.29, 1.82) is 0 Å². The molecule has 0 spiro atoms. The van der Waals surface area contributed by atoms with Gasteiger partial charge in [-0.05, 0) is 31.5 Å². The Morgan fingerprint density at radius 2 is 2.00 bits per heavy atom. The van der Waals surface area contributed by atoms with Crippen LogP contribution >= 0.6 is 11.6 Å². The Kier molecular flexibility index (Phi) is 5.16. The number of benzene rings is 1. The van der Waals surface area contributed by atoms with Gasteiger partial charge in [0.05, 0.1) is 18.1 Å². The molecule has 4 nitrogen and oxygen atoms in total. The summed E-state index contributed by atoms with van der Waals surface area (Å²) in [6, 6.07) is 3.23. The molecule has 5 heteroatoms. The van der Waals surface area contributed by atoms with Gasteiger partial charge in [-0.3, -0.25) is 9.59 Å². The Bertz CT molecular complexity index is 468. The van der Waals surface area contributed by atoms with E-state index in [9.17, 15) is 9.59 Å². The summed E-state index contributed by atoms with van der Waals surface area (Å²) in [6.45, 7) is 4.11. The first-order chi connectivity index (χ1) is 8.45. The first kappa shape index (κ1) is 14.5. The van der Waals surface area contributed by atoms with Crippen molar-refractivity contribution in [2.24, 2.45) is 0 Å². The van der Waals surface area contributed by atoms with Gasteiger partial charge in [-0.25, -0.2) is 0 Å². The summed E-state index contributed by atoms with van der Waals surface area (Å²) < 4.78 is 5.31. The van der Waals surface area contributed by atoms with Crippen LogP contribution in [0.5, 0.6) is 5.75 Å². The van der Waals surface area contributed by atoms with Crippen LogP contribution in [0.3, 0.4) is 0 Å². The van der Waals surface area contributed by atoms with E-state index < -0.39 is 5.97 Å². The number of hydrogen-bond acceptors (Lipinski definition) is 3. The smallest absolute Gasteiger partial charge is 0.303 e. The molecular formula is C13H15ClO4. The van der Waals surface area contributed by atoms with Gasteiger partial charge in [0.1, 0.15) is 5.75 Å². The highest BCUT2D eigenvalue weighted by Gasteiger charge is 2.14.